The highest BCUT2D eigenvalue weighted by Crippen LogP contribution is 2.41. The molecule has 1 N–H and O–H groups in total. The monoisotopic (exact) mass is 307 g/mol. The Balaban J connectivity index is 2.16. The molecule has 1 atom stereocenters. The van der Waals surface area contributed by atoms with Crippen molar-refractivity contribution in [3.63, 3.8) is 0 Å². The number of nitrogens with zero attached hydrogens (tertiary/aromatic N) is 2. The molecule has 0 saturated carbocycles. The Hall–Kier alpha value is -1.88. The number of rotatable bonds is 2. The van der Waals surface area contributed by atoms with Crippen LogP contribution in [0.25, 0.3) is 0 Å². The van der Waals surface area contributed by atoms with Crippen LogP contribution in [0.4, 0.5) is 10.2 Å². The van der Waals surface area contributed by atoms with Gasteiger partial charge in [0.05, 0.1) is 6.20 Å². The minimum absolute atomic E-state index is 0.101. The average Bonchev–Trinajstić information content (AvgIpc) is 2.82. The van der Waals surface area contributed by atoms with Crippen LogP contribution < -0.4 is 5.32 Å². The van der Waals surface area contributed by atoms with Crippen LogP contribution in [-0.2, 0) is 4.79 Å². The highest BCUT2D eigenvalue weighted by Gasteiger charge is 2.33. The SMILES string of the molecule is CC(C)n1ncc2c1NC(=O)CC2c1c(F)cccc1Cl. The molecule has 0 saturated heterocycles. The molecule has 2 heterocycles. The summed E-state index contributed by atoms with van der Waals surface area (Å²) in [5.74, 6) is -0.333. The molecule has 1 aliphatic rings. The first-order valence-electron chi connectivity index (χ1n) is 6.80. The van der Waals surface area contributed by atoms with Crippen molar-refractivity contribution in [1.82, 2.24) is 9.78 Å². The number of hydrogen-bond acceptors (Lipinski definition) is 2. The second kappa shape index (κ2) is 5.15. The summed E-state index contributed by atoms with van der Waals surface area (Å²) < 4.78 is 15.9. The number of carbonyl (C=O) groups excluding carboxylic acids is 1. The lowest BCUT2D eigenvalue weighted by molar-refractivity contribution is -0.116. The van der Waals surface area contributed by atoms with Gasteiger partial charge < -0.3 is 5.32 Å². The highest BCUT2D eigenvalue weighted by atomic mass is 35.5. The van der Waals surface area contributed by atoms with Crippen LogP contribution >= 0.6 is 11.6 Å². The van der Waals surface area contributed by atoms with E-state index < -0.39 is 11.7 Å². The van der Waals surface area contributed by atoms with Crippen LogP contribution in [0.5, 0.6) is 0 Å². The largest absolute Gasteiger partial charge is 0.311 e. The van der Waals surface area contributed by atoms with E-state index in [1.807, 2.05) is 13.8 Å². The van der Waals surface area contributed by atoms with E-state index in [-0.39, 0.29) is 18.4 Å². The molecule has 1 unspecified atom stereocenters. The van der Waals surface area contributed by atoms with Crippen LogP contribution in [0.1, 0.15) is 43.4 Å². The summed E-state index contributed by atoms with van der Waals surface area (Å²) in [5.41, 5.74) is 1.16. The zero-order chi connectivity index (χ0) is 15.1. The number of carbonyl (C=O) groups is 1. The molecular weight excluding hydrogens is 293 g/mol. The Kier molecular flexibility index (Phi) is 3.45. The third kappa shape index (κ3) is 2.31. The Labute approximate surface area is 126 Å². The summed E-state index contributed by atoms with van der Waals surface area (Å²) in [5, 5.41) is 7.46. The van der Waals surface area contributed by atoms with Gasteiger partial charge >= 0.3 is 0 Å². The van der Waals surface area contributed by atoms with Gasteiger partial charge in [0.15, 0.2) is 0 Å². The van der Waals surface area contributed by atoms with E-state index in [0.717, 1.165) is 5.56 Å². The van der Waals surface area contributed by atoms with Gasteiger partial charge in [-0.25, -0.2) is 9.07 Å². The van der Waals surface area contributed by atoms with Crippen molar-refractivity contribution < 1.29 is 9.18 Å². The number of aromatic nitrogens is 2. The lowest BCUT2D eigenvalue weighted by Crippen LogP contribution is -2.25. The number of hydrogen-bond donors (Lipinski definition) is 1. The van der Waals surface area contributed by atoms with Crippen molar-refractivity contribution in [3.8, 4) is 0 Å². The van der Waals surface area contributed by atoms with Crippen LogP contribution in [0.2, 0.25) is 5.02 Å². The smallest absolute Gasteiger partial charge is 0.226 e. The molecular formula is C15H15ClFN3O. The number of anilines is 1. The second-order valence-electron chi connectivity index (χ2n) is 5.43. The fourth-order valence-electron chi connectivity index (χ4n) is 2.73. The topological polar surface area (TPSA) is 46.9 Å². The van der Waals surface area contributed by atoms with Crippen LogP contribution in [0, 0.1) is 5.82 Å². The van der Waals surface area contributed by atoms with Crippen LogP contribution in [0.15, 0.2) is 24.4 Å². The summed E-state index contributed by atoms with van der Waals surface area (Å²) in [6.45, 7) is 3.94. The molecule has 0 radical (unpaired) electrons. The lowest BCUT2D eigenvalue weighted by Gasteiger charge is -2.25. The number of fused-ring (bicyclic) bond motifs is 1. The minimum Gasteiger partial charge on any atom is -0.311 e. The van der Waals surface area contributed by atoms with E-state index in [4.69, 9.17) is 11.6 Å². The first-order valence-corrected chi connectivity index (χ1v) is 7.18. The summed E-state index contributed by atoms with van der Waals surface area (Å²) >= 11 is 6.15. The molecule has 0 fully saturated rings. The zero-order valence-corrected chi connectivity index (χ0v) is 12.5. The molecule has 1 aromatic carbocycles. The summed E-state index contributed by atoms with van der Waals surface area (Å²) in [6, 6.07) is 4.66. The Morgan fingerprint density at radius 1 is 1.48 bits per heavy atom. The van der Waals surface area contributed by atoms with Gasteiger partial charge in [0.25, 0.3) is 0 Å². The predicted molar refractivity (Wildman–Crippen MR) is 79.1 cm³/mol. The molecule has 1 aromatic heterocycles. The maximum atomic E-state index is 14.2. The average molecular weight is 308 g/mol. The number of halogens is 2. The van der Waals surface area contributed by atoms with Gasteiger partial charge in [-0.1, -0.05) is 17.7 Å². The fraction of sp³-hybridized carbons (Fsp3) is 0.333. The maximum absolute atomic E-state index is 14.2. The minimum atomic E-state index is -0.407. The molecule has 0 aliphatic carbocycles. The van der Waals surface area contributed by atoms with E-state index in [0.29, 0.717) is 16.4 Å². The molecule has 1 aliphatic heterocycles. The molecule has 21 heavy (non-hydrogen) atoms. The molecule has 0 spiro atoms. The first kappa shape index (κ1) is 14.1. The maximum Gasteiger partial charge on any atom is 0.226 e. The Morgan fingerprint density at radius 2 is 2.24 bits per heavy atom. The van der Waals surface area contributed by atoms with Gasteiger partial charge in [-0.05, 0) is 26.0 Å². The second-order valence-corrected chi connectivity index (χ2v) is 5.83. The van der Waals surface area contributed by atoms with Gasteiger partial charge in [0.1, 0.15) is 11.6 Å². The van der Waals surface area contributed by atoms with Gasteiger partial charge in [-0.15, -0.1) is 0 Å². The molecule has 0 bridgehead atoms. The van der Waals surface area contributed by atoms with Crippen molar-refractivity contribution in [2.75, 3.05) is 5.32 Å². The van der Waals surface area contributed by atoms with Crippen molar-refractivity contribution in [3.05, 3.63) is 46.4 Å². The number of nitrogens with one attached hydrogen (secondary N) is 1. The summed E-state index contributed by atoms with van der Waals surface area (Å²) in [4.78, 5) is 12.0. The normalized spacial score (nSPS) is 17.8. The van der Waals surface area contributed by atoms with E-state index in [2.05, 4.69) is 10.4 Å². The quantitative estimate of drug-likeness (QED) is 0.919. The van der Waals surface area contributed by atoms with Crippen molar-refractivity contribution >= 4 is 23.3 Å². The Bertz CT molecular complexity index is 691. The van der Waals surface area contributed by atoms with Crippen molar-refractivity contribution in [2.45, 2.75) is 32.2 Å². The standard InChI is InChI=1S/C15H15ClFN3O/c1-8(2)20-15-10(7-18-20)9(6-13(21)19-15)14-11(16)4-3-5-12(14)17/h3-5,7-9H,6H2,1-2H3,(H,19,21). The van der Waals surface area contributed by atoms with Gasteiger partial charge in [0.2, 0.25) is 5.91 Å². The van der Waals surface area contributed by atoms with E-state index >= 15 is 0 Å². The fourth-order valence-corrected chi connectivity index (χ4v) is 3.03. The third-order valence-corrected chi connectivity index (χ3v) is 4.01. The lowest BCUT2D eigenvalue weighted by atomic mass is 9.87. The van der Waals surface area contributed by atoms with E-state index in [9.17, 15) is 9.18 Å². The molecule has 110 valence electrons. The number of amides is 1. The molecule has 2 aromatic rings. The summed E-state index contributed by atoms with van der Waals surface area (Å²) in [7, 11) is 0. The van der Waals surface area contributed by atoms with Crippen molar-refractivity contribution in [2.24, 2.45) is 0 Å². The van der Waals surface area contributed by atoms with Gasteiger partial charge in [-0.2, -0.15) is 5.10 Å². The molecule has 4 nitrogen and oxygen atoms in total. The van der Waals surface area contributed by atoms with Crippen LogP contribution in [0.3, 0.4) is 0 Å². The van der Waals surface area contributed by atoms with Crippen LogP contribution in [-0.4, -0.2) is 15.7 Å². The van der Waals surface area contributed by atoms with Crippen molar-refractivity contribution in [1.29, 1.82) is 0 Å². The first-order chi connectivity index (χ1) is 9.99. The molecule has 3 rings (SSSR count). The predicted octanol–water partition coefficient (Wildman–Crippen LogP) is 3.73. The van der Waals surface area contributed by atoms with Gasteiger partial charge in [0, 0.05) is 34.5 Å². The summed E-state index contributed by atoms with van der Waals surface area (Å²) in [6.07, 6.45) is 1.85. The zero-order valence-electron chi connectivity index (χ0n) is 11.7. The highest BCUT2D eigenvalue weighted by molar-refractivity contribution is 6.31. The molecule has 6 heteroatoms. The third-order valence-electron chi connectivity index (χ3n) is 3.68. The van der Waals surface area contributed by atoms with E-state index in [1.54, 1.807) is 23.0 Å². The molecule has 1 amide bonds. The van der Waals surface area contributed by atoms with E-state index in [1.165, 1.54) is 6.07 Å². The van der Waals surface area contributed by atoms with Gasteiger partial charge in [-0.3, -0.25) is 4.79 Å². The number of benzene rings is 1. The Morgan fingerprint density at radius 3 is 2.90 bits per heavy atom.